The number of hydrogen-bond donors (Lipinski definition) is 0. The molecule has 0 saturated carbocycles. The molecule has 0 N–H and O–H groups in total. The van der Waals surface area contributed by atoms with Crippen molar-refractivity contribution in [3.05, 3.63) is 0 Å². The van der Waals surface area contributed by atoms with Crippen LogP contribution >= 0.6 is 0 Å². The molecule has 0 aromatic carbocycles. The fraction of sp³-hybridized carbons (Fsp3) is 1.00. The Hall–Kier alpha value is -0.0331. The van der Waals surface area contributed by atoms with Gasteiger partial charge in [-0.3, -0.25) is 0 Å². The first-order chi connectivity index (χ1) is 3.50. The molecule has 0 fully saturated rings. The minimum absolute atomic E-state index is 0.00978. The van der Waals surface area contributed by atoms with E-state index in [1.807, 2.05) is 0 Å². The molecule has 1 nitrogen and oxygen atoms in total. The predicted molar refractivity (Wildman–Crippen MR) is 26.5 cm³/mol. The van der Waals surface area contributed by atoms with E-state index >= 15 is 0 Å². The van der Waals surface area contributed by atoms with Gasteiger partial charge in [0.1, 0.15) is 10.5 Å². The lowest BCUT2D eigenvalue weighted by Gasteiger charge is -2.16. The molecule has 0 bridgehead atoms. The predicted octanol–water partition coefficient (Wildman–Crippen LogP) is 0.234. The zero-order valence-corrected chi connectivity index (χ0v) is 6.62. The maximum Gasteiger partial charge on any atom is 0.295 e. The van der Waals surface area contributed by atoms with Gasteiger partial charge in [-0.1, -0.05) is 0 Å². The molecule has 0 aromatic heterocycles. The average Bonchev–Trinajstić information content (AvgIpc) is 1.67. The van der Waals surface area contributed by atoms with Crippen molar-refractivity contribution < 1.29 is 17.6 Å². The average molecular weight is 144 g/mol. The Kier molecular flexibility index (Phi) is 2.49. The fourth-order valence-corrected chi connectivity index (χ4v) is 0.267. The van der Waals surface area contributed by atoms with Crippen LogP contribution in [-0.4, -0.2) is 22.8 Å². The maximum absolute atomic E-state index is 12.0. The zero-order valence-electron chi connectivity index (χ0n) is 4.62. The summed E-state index contributed by atoms with van der Waals surface area (Å²) in [6.45, 7) is 0.713. The molecule has 1 atom stereocenters. The van der Waals surface area contributed by atoms with E-state index in [1.165, 1.54) is 0 Å². The molecular weight excluding hydrogens is 137 g/mol. The first kappa shape index (κ1) is 7.97. The molecule has 0 amide bonds. The quantitative estimate of drug-likeness (QED) is 0.504. The highest BCUT2D eigenvalue weighted by molar-refractivity contribution is 5.98. The van der Waals surface area contributed by atoms with Crippen molar-refractivity contribution in [2.45, 2.75) is 19.2 Å². The Morgan fingerprint density at radius 1 is 1.62 bits per heavy atom. The molecule has 0 aromatic rings. The van der Waals surface area contributed by atoms with Gasteiger partial charge in [-0.15, -0.1) is 0 Å². The molecule has 0 saturated heterocycles. The van der Waals surface area contributed by atoms with Crippen LogP contribution in [0.25, 0.3) is 0 Å². The minimum Gasteiger partial charge on any atom is -0.394 e. The normalized spacial score (nSPS) is 19.1. The SMILES string of the molecule is CC(F)(O[SiH3])C(F)F. The van der Waals surface area contributed by atoms with Crippen LogP contribution in [-0.2, 0) is 4.43 Å². The summed E-state index contributed by atoms with van der Waals surface area (Å²) in [5.41, 5.74) is 0. The van der Waals surface area contributed by atoms with Gasteiger partial charge in [0.05, 0.1) is 0 Å². The second-order valence-electron chi connectivity index (χ2n) is 1.49. The summed E-state index contributed by atoms with van der Waals surface area (Å²) in [7, 11) is -0.00978. The van der Waals surface area contributed by atoms with Gasteiger partial charge in [-0.2, -0.15) is 0 Å². The summed E-state index contributed by atoms with van der Waals surface area (Å²) >= 11 is 0. The highest BCUT2D eigenvalue weighted by Crippen LogP contribution is 2.19. The molecule has 8 heavy (non-hydrogen) atoms. The number of rotatable bonds is 2. The molecule has 0 spiro atoms. The minimum atomic E-state index is -3.04. The van der Waals surface area contributed by atoms with Crippen molar-refractivity contribution in [3.8, 4) is 0 Å². The van der Waals surface area contributed by atoms with Crippen LogP contribution in [0.4, 0.5) is 13.2 Å². The lowest BCUT2D eigenvalue weighted by Crippen LogP contribution is -2.30. The van der Waals surface area contributed by atoms with Crippen molar-refractivity contribution in [2.75, 3.05) is 0 Å². The van der Waals surface area contributed by atoms with Crippen LogP contribution in [0.3, 0.4) is 0 Å². The summed E-state index contributed by atoms with van der Waals surface area (Å²) < 4.78 is 38.6. The van der Waals surface area contributed by atoms with Crippen LogP contribution in [0.1, 0.15) is 6.92 Å². The van der Waals surface area contributed by atoms with E-state index < -0.39 is 12.3 Å². The third-order valence-electron chi connectivity index (χ3n) is 0.789. The van der Waals surface area contributed by atoms with E-state index in [0.29, 0.717) is 6.92 Å². The Morgan fingerprint density at radius 3 is 2.00 bits per heavy atom. The summed E-state index contributed by atoms with van der Waals surface area (Å²) in [6.07, 6.45) is -3.04. The Labute approximate surface area is 48.4 Å². The van der Waals surface area contributed by atoms with Gasteiger partial charge < -0.3 is 4.43 Å². The third kappa shape index (κ3) is 1.83. The van der Waals surface area contributed by atoms with Crippen LogP contribution in [0.15, 0.2) is 0 Å². The first-order valence-corrected chi connectivity index (χ1v) is 2.84. The summed E-state index contributed by atoms with van der Waals surface area (Å²) in [5, 5.41) is 0. The molecular formula is C3H7F3OSi. The monoisotopic (exact) mass is 144 g/mol. The van der Waals surface area contributed by atoms with E-state index in [1.54, 1.807) is 0 Å². The molecule has 0 heterocycles. The molecule has 0 aliphatic rings. The van der Waals surface area contributed by atoms with Gasteiger partial charge in [-0.25, -0.2) is 13.2 Å². The molecule has 0 radical (unpaired) electrons. The van der Waals surface area contributed by atoms with Gasteiger partial charge in [0.2, 0.25) is 0 Å². The van der Waals surface area contributed by atoms with E-state index in [4.69, 9.17) is 0 Å². The van der Waals surface area contributed by atoms with Gasteiger partial charge in [0, 0.05) is 0 Å². The Morgan fingerprint density at radius 2 is 2.00 bits per heavy atom. The van der Waals surface area contributed by atoms with Crippen molar-refractivity contribution in [3.63, 3.8) is 0 Å². The summed E-state index contributed by atoms with van der Waals surface area (Å²) in [6, 6.07) is 0. The highest BCUT2D eigenvalue weighted by Gasteiger charge is 2.33. The van der Waals surface area contributed by atoms with Crippen molar-refractivity contribution in [2.24, 2.45) is 0 Å². The largest absolute Gasteiger partial charge is 0.394 e. The molecule has 5 heteroatoms. The molecule has 0 rings (SSSR count). The van der Waals surface area contributed by atoms with Crippen LogP contribution in [0.2, 0.25) is 0 Å². The van der Waals surface area contributed by atoms with Crippen LogP contribution in [0, 0.1) is 0 Å². The third-order valence-corrected chi connectivity index (χ3v) is 1.59. The summed E-state index contributed by atoms with van der Waals surface area (Å²) in [5.74, 6) is -2.73. The van der Waals surface area contributed by atoms with Crippen LogP contribution < -0.4 is 0 Å². The van der Waals surface area contributed by atoms with Gasteiger partial charge >= 0.3 is 0 Å². The molecule has 1 unspecified atom stereocenters. The summed E-state index contributed by atoms with van der Waals surface area (Å²) in [4.78, 5) is 0. The van der Waals surface area contributed by atoms with Crippen molar-refractivity contribution >= 4 is 10.5 Å². The second kappa shape index (κ2) is 2.50. The maximum atomic E-state index is 12.0. The lowest BCUT2D eigenvalue weighted by atomic mass is 10.4. The smallest absolute Gasteiger partial charge is 0.295 e. The van der Waals surface area contributed by atoms with Crippen molar-refractivity contribution in [1.29, 1.82) is 0 Å². The second-order valence-corrected chi connectivity index (χ2v) is 1.90. The van der Waals surface area contributed by atoms with Gasteiger partial charge in [0.15, 0.2) is 0 Å². The fourth-order valence-electron chi connectivity index (χ4n) is 0.0891. The number of hydrogen-bond acceptors (Lipinski definition) is 1. The molecule has 50 valence electrons. The van der Waals surface area contributed by atoms with E-state index in [-0.39, 0.29) is 10.5 Å². The molecule has 0 aliphatic carbocycles. The zero-order chi connectivity index (χ0) is 6.78. The first-order valence-electron chi connectivity index (χ1n) is 2.03. The van der Waals surface area contributed by atoms with E-state index in [0.717, 1.165) is 0 Å². The van der Waals surface area contributed by atoms with E-state index in [9.17, 15) is 13.2 Å². The Balaban J connectivity index is 3.71. The Bertz CT molecular complexity index is 74.9. The van der Waals surface area contributed by atoms with Crippen molar-refractivity contribution in [1.82, 2.24) is 0 Å². The highest BCUT2D eigenvalue weighted by atomic mass is 28.2. The molecule has 0 aliphatic heterocycles. The van der Waals surface area contributed by atoms with E-state index in [2.05, 4.69) is 4.43 Å². The standard InChI is InChI=1S/C3H7F3OSi/c1-3(6,7-8)2(4)5/h2H,1,8H3. The van der Waals surface area contributed by atoms with Gasteiger partial charge in [-0.05, 0) is 6.92 Å². The van der Waals surface area contributed by atoms with Gasteiger partial charge in [0.25, 0.3) is 12.3 Å². The number of halogens is 3. The van der Waals surface area contributed by atoms with Crippen LogP contribution in [0.5, 0.6) is 0 Å². The lowest BCUT2D eigenvalue weighted by molar-refractivity contribution is -0.150. The number of alkyl halides is 3. The topological polar surface area (TPSA) is 9.23 Å².